The smallest absolute Gasteiger partial charge is 0.251 e. The van der Waals surface area contributed by atoms with Crippen molar-refractivity contribution in [2.24, 2.45) is 0 Å². The minimum Gasteiger partial charge on any atom is -0.496 e. The van der Waals surface area contributed by atoms with Gasteiger partial charge >= 0.3 is 0 Å². The monoisotopic (exact) mass is 368 g/mol. The van der Waals surface area contributed by atoms with E-state index in [1.54, 1.807) is 36.6 Å². The number of methoxy groups -OCH3 is 1. The van der Waals surface area contributed by atoms with Gasteiger partial charge < -0.3 is 14.8 Å². The van der Waals surface area contributed by atoms with Crippen LogP contribution in [0.4, 0.5) is 0 Å². The average molecular weight is 368 g/mol. The van der Waals surface area contributed by atoms with Crippen molar-refractivity contribution >= 4 is 17.2 Å². The maximum absolute atomic E-state index is 12.4. The van der Waals surface area contributed by atoms with E-state index in [0.717, 1.165) is 22.0 Å². The van der Waals surface area contributed by atoms with Gasteiger partial charge in [0, 0.05) is 23.1 Å². The number of ether oxygens (including phenoxy) is 2. The highest BCUT2D eigenvalue weighted by atomic mass is 32.1. The van der Waals surface area contributed by atoms with Gasteiger partial charge in [0.05, 0.1) is 17.8 Å². The molecule has 1 N–H and O–H groups in total. The molecule has 5 nitrogen and oxygen atoms in total. The summed E-state index contributed by atoms with van der Waals surface area (Å²) in [6.07, 6.45) is 0. The fourth-order valence-corrected chi connectivity index (χ4v) is 3.08. The summed E-state index contributed by atoms with van der Waals surface area (Å²) in [7, 11) is 1.62. The van der Waals surface area contributed by atoms with Gasteiger partial charge in [-0.1, -0.05) is 24.3 Å². The molecule has 1 amide bonds. The van der Waals surface area contributed by atoms with Crippen LogP contribution in [0.15, 0.2) is 53.9 Å². The van der Waals surface area contributed by atoms with Gasteiger partial charge in [-0.05, 0) is 31.2 Å². The number of nitrogens with one attached hydrogen (secondary N) is 1. The van der Waals surface area contributed by atoms with Crippen LogP contribution in [0.25, 0.3) is 0 Å². The minimum absolute atomic E-state index is 0.161. The fourth-order valence-electron chi connectivity index (χ4n) is 2.49. The number of para-hydroxylation sites is 1. The van der Waals surface area contributed by atoms with Crippen LogP contribution in [0, 0.1) is 6.92 Å². The number of aromatic nitrogens is 1. The first-order valence-electron chi connectivity index (χ1n) is 8.19. The molecule has 3 aromatic rings. The SMILES string of the molecule is COc1ccccc1CNC(=O)c1cccc(OCc2csc(C)n2)c1. The third-order valence-electron chi connectivity index (χ3n) is 3.78. The Morgan fingerprint density at radius 3 is 2.81 bits per heavy atom. The zero-order valence-corrected chi connectivity index (χ0v) is 15.5. The number of aryl methyl sites for hydroxylation is 1. The van der Waals surface area contributed by atoms with Crippen LogP contribution in [-0.4, -0.2) is 18.0 Å². The number of carbonyl (C=O) groups is 1. The molecular weight excluding hydrogens is 348 g/mol. The molecule has 0 fully saturated rings. The van der Waals surface area contributed by atoms with Gasteiger partial charge in [0.15, 0.2) is 0 Å². The Kier molecular flexibility index (Phi) is 5.86. The normalized spacial score (nSPS) is 10.4. The van der Waals surface area contributed by atoms with Crippen LogP contribution in [-0.2, 0) is 13.2 Å². The maximum atomic E-state index is 12.4. The van der Waals surface area contributed by atoms with E-state index in [1.165, 1.54) is 0 Å². The molecule has 26 heavy (non-hydrogen) atoms. The number of hydrogen-bond donors (Lipinski definition) is 1. The molecule has 3 rings (SSSR count). The molecule has 1 heterocycles. The van der Waals surface area contributed by atoms with Crippen molar-refractivity contribution in [1.82, 2.24) is 10.3 Å². The summed E-state index contributed by atoms with van der Waals surface area (Å²) in [4.78, 5) is 16.8. The number of hydrogen-bond acceptors (Lipinski definition) is 5. The number of amides is 1. The quantitative estimate of drug-likeness (QED) is 0.685. The summed E-state index contributed by atoms with van der Waals surface area (Å²) in [6, 6.07) is 14.7. The summed E-state index contributed by atoms with van der Waals surface area (Å²) in [6.45, 7) is 2.74. The Hall–Kier alpha value is -2.86. The summed E-state index contributed by atoms with van der Waals surface area (Å²) >= 11 is 1.59. The van der Waals surface area contributed by atoms with Crippen LogP contribution in [0.3, 0.4) is 0 Å². The predicted molar refractivity (Wildman–Crippen MR) is 102 cm³/mol. The lowest BCUT2D eigenvalue weighted by Gasteiger charge is -2.10. The Balaban J connectivity index is 1.60. The molecule has 6 heteroatoms. The zero-order valence-electron chi connectivity index (χ0n) is 14.7. The second-order valence-corrected chi connectivity index (χ2v) is 6.73. The Labute approximate surface area is 156 Å². The minimum atomic E-state index is -0.161. The third kappa shape index (κ3) is 4.61. The summed E-state index contributed by atoms with van der Waals surface area (Å²) in [5.41, 5.74) is 2.36. The van der Waals surface area contributed by atoms with Crippen molar-refractivity contribution in [2.75, 3.05) is 7.11 Å². The van der Waals surface area contributed by atoms with E-state index < -0.39 is 0 Å². The van der Waals surface area contributed by atoms with Crippen LogP contribution in [0.1, 0.15) is 26.6 Å². The van der Waals surface area contributed by atoms with Gasteiger partial charge in [-0.15, -0.1) is 11.3 Å². The van der Waals surface area contributed by atoms with Crippen LogP contribution < -0.4 is 14.8 Å². The Morgan fingerprint density at radius 1 is 1.19 bits per heavy atom. The second-order valence-electron chi connectivity index (χ2n) is 5.67. The lowest BCUT2D eigenvalue weighted by atomic mass is 10.1. The van der Waals surface area contributed by atoms with E-state index >= 15 is 0 Å². The molecule has 0 aliphatic heterocycles. The summed E-state index contributed by atoms with van der Waals surface area (Å²) in [5, 5.41) is 5.89. The van der Waals surface area contributed by atoms with Gasteiger partial charge in [0.25, 0.3) is 5.91 Å². The molecule has 2 aromatic carbocycles. The van der Waals surface area contributed by atoms with Gasteiger partial charge in [-0.25, -0.2) is 4.98 Å². The van der Waals surface area contributed by atoms with E-state index in [4.69, 9.17) is 9.47 Å². The third-order valence-corrected chi connectivity index (χ3v) is 4.60. The Morgan fingerprint density at radius 2 is 2.04 bits per heavy atom. The number of rotatable bonds is 7. The lowest BCUT2D eigenvalue weighted by Crippen LogP contribution is -2.23. The fraction of sp³-hybridized carbons (Fsp3) is 0.200. The van der Waals surface area contributed by atoms with Gasteiger partial charge in [0.2, 0.25) is 0 Å². The van der Waals surface area contributed by atoms with E-state index in [0.29, 0.717) is 24.5 Å². The molecule has 0 atom stereocenters. The molecule has 0 saturated carbocycles. The van der Waals surface area contributed by atoms with Crippen molar-refractivity contribution in [3.05, 3.63) is 75.7 Å². The molecule has 0 spiro atoms. The largest absolute Gasteiger partial charge is 0.496 e. The van der Waals surface area contributed by atoms with E-state index in [-0.39, 0.29) is 5.91 Å². The maximum Gasteiger partial charge on any atom is 0.251 e. The highest BCUT2D eigenvalue weighted by Gasteiger charge is 2.09. The first-order chi connectivity index (χ1) is 12.7. The molecule has 134 valence electrons. The second kappa shape index (κ2) is 8.49. The van der Waals surface area contributed by atoms with Crippen molar-refractivity contribution < 1.29 is 14.3 Å². The number of nitrogens with zero attached hydrogens (tertiary/aromatic N) is 1. The number of benzene rings is 2. The van der Waals surface area contributed by atoms with Gasteiger partial charge in [0.1, 0.15) is 18.1 Å². The topological polar surface area (TPSA) is 60.5 Å². The average Bonchev–Trinajstić information content (AvgIpc) is 3.10. The van der Waals surface area contributed by atoms with Crippen LogP contribution in [0.2, 0.25) is 0 Å². The number of thiazole rings is 1. The van der Waals surface area contributed by atoms with E-state index in [9.17, 15) is 4.79 Å². The molecule has 0 aliphatic carbocycles. The highest BCUT2D eigenvalue weighted by molar-refractivity contribution is 7.09. The molecular formula is C20H20N2O3S. The van der Waals surface area contributed by atoms with Crippen molar-refractivity contribution in [3.63, 3.8) is 0 Å². The molecule has 0 unspecified atom stereocenters. The predicted octanol–water partition coefficient (Wildman–Crippen LogP) is 3.97. The first-order valence-corrected chi connectivity index (χ1v) is 9.07. The lowest BCUT2D eigenvalue weighted by molar-refractivity contribution is 0.0950. The van der Waals surface area contributed by atoms with Crippen LogP contribution >= 0.6 is 11.3 Å². The molecule has 0 saturated heterocycles. The first kappa shape index (κ1) is 17.9. The van der Waals surface area contributed by atoms with Crippen molar-refractivity contribution in [1.29, 1.82) is 0 Å². The Bertz CT molecular complexity index is 892. The van der Waals surface area contributed by atoms with Gasteiger partial charge in [-0.3, -0.25) is 4.79 Å². The molecule has 0 radical (unpaired) electrons. The summed E-state index contributed by atoms with van der Waals surface area (Å²) in [5.74, 6) is 1.23. The summed E-state index contributed by atoms with van der Waals surface area (Å²) < 4.78 is 11.0. The highest BCUT2D eigenvalue weighted by Crippen LogP contribution is 2.18. The van der Waals surface area contributed by atoms with Crippen molar-refractivity contribution in [2.45, 2.75) is 20.1 Å². The number of carbonyl (C=O) groups excluding carboxylic acids is 1. The van der Waals surface area contributed by atoms with E-state index in [1.807, 2.05) is 42.6 Å². The molecule has 0 bridgehead atoms. The molecule has 0 aliphatic rings. The van der Waals surface area contributed by atoms with E-state index in [2.05, 4.69) is 10.3 Å². The van der Waals surface area contributed by atoms with Crippen LogP contribution in [0.5, 0.6) is 11.5 Å². The van der Waals surface area contributed by atoms with Gasteiger partial charge in [-0.2, -0.15) is 0 Å². The van der Waals surface area contributed by atoms with Crippen molar-refractivity contribution in [3.8, 4) is 11.5 Å². The zero-order chi connectivity index (χ0) is 18.4. The molecule has 1 aromatic heterocycles. The standard InChI is InChI=1S/C20H20N2O3S/c1-14-22-17(13-26-14)12-25-18-8-5-7-15(10-18)20(23)21-11-16-6-3-4-9-19(16)24-2/h3-10,13H,11-12H2,1-2H3,(H,21,23).